The normalized spacial score (nSPS) is 19.6. The second-order valence-corrected chi connectivity index (χ2v) is 4.39. The molecule has 0 atom stereocenters. The molecule has 0 unspecified atom stereocenters. The summed E-state index contributed by atoms with van der Waals surface area (Å²) in [4.78, 5) is 4.74. The van der Waals surface area contributed by atoms with Gasteiger partial charge in [-0.3, -0.25) is 10.3 Å². The van der Waals surface area contributed by atoms with Gasteiger partial charge in [-0.25, -0.2) is 0 Å². The van der Waals surface area contributed by atoms with Gasteiger partial charge < -0.3 is 15.7 Å². The Morgan fingerprint density at radius 1 is 1.12 bits per heavy atom. The molecule has 0 amide bonds. The standard InChI is InChI=1S/C11H24N4O/c12-11(13)3-1-4-14-5-2-6-15(8-7-14)9-10-16/h16H,1-10H2,(H3,12,13). The molecular formula is C11H24N4O. The Bertz CT molecular complexity index is 210. The fourth-order valence-electron chi connectivity index (χ4n) is 2.11. The number of nitrogens with two attached hydrogens (primary N) is 1. The van der Waals surface area contributed by atoms with E-state index >= 15 is 0 Å². The van der Waals surface area contributed by atoms with Crippen molar-refractivity contribution in [2.24, 2.45) is 5.73 Å². The summed E-state index contributed by atoms with van der Waals surface area (Å²) in [6.07, 6.45) is 2.85. The van der Waals surface area contributed by atoms with E-state index in [-0.39, 0.29) is 12.4 Å². The highest BCUT2D eigenvalue weighted by Gasteiger charge is 2.13. The average Bonchev–Trinajstić information content (AvgIpc) is 2.44. The van der Waals surface area contributed by atoms with Crippen molar-refractivity contribution in [2.45, 2.75) is 19.3 Å². The Morgan fingerprint density at radius 3 is 2.31 bits per heavy atom. The number of nitrogens with zero attached hydrogens (tertiary/aromatic N) is 2. The van der Waals surface area contributed by atoms with Gasteiger partial charge >= 0.3 is 0 Å². The van der Waals surface area contributed by atoms with Gasteiger partial charge in [0.05, 0.1) is 12.4 Å². The van der Waals surface area contributed by atoms with Gasteiger partial charge in [-0.05, 0) is 32.5 Å². The van der Waals surface area contributed by atoms with Crippen LogP contribution in [0.2, 0.25) is 0 Å². The largest absolute Gasteiger partial charge is 0.395 e. The minimum atomic E-state index is 0.254. The van der Waals surface area contributed by atoms with Gasteiger partial charge in [-0.2, -0.15) is 0 Å². The van der Waals surface area contributed by atoms with Gasteiger partial charge in [0.15, 0.2) is 0 Å². The molecule has 94 valence electrons. The van der Waals surface area contributed by atoms with E-state index in [1.807, 2.05) is 0 Å². The minimum absolute atomic E-state index is 0.254. The van der Waals surface area contributed by atoms with Crippen LogP contribution in [0.1, 0.15) is 19.3 Å². The third-order valence-electron chi connectivity index (χ3n) is 3.02. The van der Waals surface area contributed by atoms with E-state index in [9.17, 15) is 0 Å². The first-order valence-electron chi connectivity index (χ1n) is 6.11. The second-order valence-electron chi connectivity index (χ2n) is 4.39. The first-order valence-corrected chi connectivity index (χ1v) is 6.11. The quantitative estimate of drug-likeness (QED) is 0.431. The number of rotatable bonds is 6. The maximum Gasteiger partial charge on any atom is 0.0905 e. The molecule has 1 heterocycles. The van der Waals surface area contributed by atoms with Gasteiger partial charge in [-0.15, -0.1) is 0 Å². The third kappa shape index (κ3) is 5.44. The van der Waals surface area contributed by atoms with Crippen molar-refractivity contribution in [2.75, 3.05) is 45.9 Å². The van der Waals surface area contributed by atoms with Crippen LogP contribution in [0.4, 0.5) is 0 Å². The van der Waals surface area contributed by atoms with Crippen molar-refractivity contribution in [3.8, 4) is 0 Å². The molecule has 0 bridgehead atoms. The first-order chi connectivity index (χ1) is 7.72. The van der Waals surface area contributed by atoms with E-state index in [0.717, 1.165) is 45.7 Å². The molecule has 0 spiro atoms. The van der Waals surface area contributed by atoms with Crippen LogP contribution in [-0.2, 0) is 0 Å². The third-order valence-corrected chi connectivity index (χ3v) is 3.02. The fourth-order valence-corrected chi connectivity index (χ4v) is 2.11. The number of β-amino-alcohol motifs (C(OH)–C–C–N with tert-alkyl or cyclic N) is 1. The smallest absolute Gasteiger partial charge is 0.0905 e. The molecule has 0 aliphatic carbocycles. The summed E-state index contributed by atoms with van der Waals surface area (Å²) in [6.45, 7) is 6.40. The van der Waals surface area contributed by atoms with E-state index in [1.54, 1.807) is 0 Å². The predicted molar refractivity (Wildman–Crippen MR) is 65.7 cm³/mol. The topological polar surface area (TPSA) is 76.6 Å². The summed E-state index contributed by atoms with van der Waals surface area (Å²) < 4.78 is 0. The molecule has 5 heteroatoms. The van der Waals surface area contributed by atoms with Crippen molar-refractivity contribution in [3.05, 3.63) is 0 Å². The monoisotopic (exact) mass is 228 g/mol. The number of amidine groups is 1. The molecule has 1 saturated heterocycles. The van der Waals surface area contributed by atoms with E-state index in [1.165, 1.54) is 6.42 Å². The molecular weight excluding hydrogens is 204 g/mol. The summed E-state index contributed by atoms with van der Waals surface area (Å²) in [5, 5.41) is 16.1. The summed E-state index contributed by atoms with van der Waals surface area (Å²) in [6, 6.07) is 0. The molecule has 0 aromatic carbocycles. The molecule has 1 aliphatic rings. The maximum atomic E-state index is 8.89. The zero-order valence-corrected chi connectivity index (χ0v) is 9.99. The molecule has 0 radical (unpaired) electrons. The molecule has 1 rings (SSSR count). The number of hydrogen-bond acceptors (Lipinski definition) is 4. The highest BCUT2D eigenvalue weighted by Crippen LogP contribution is 2.04. The van der Waals surface area contributed by atoms with Crippen LogP contribution in [0.5, 0.6) is 0 Å². The Hall–Kier alpha value is -0.650. The molecule has 0 aromatic heterocycles. The fraction of sp³-hybridized carbons (Fsp3) is 0.909. The van der Waals surface area contributed by atoms with Crippen molar-refractivity contribution in [1.29, 1.82) is 5.41 Å². The number of nitrogens with one attached hydrogen (secondary N) is 1. The molecule has 0 saturated carbocycles. The van der Waals surface area contributed by atoms with Gasteiger partial charge in [-0.1, -0.05) is 0 Å². The number of aliphatic hydroxyl groups excluding tert-OH is 1. The molecule has 16 heavy (non-hydrogen) atoms. The van der Waals surface area contributed by atoms with Crippen molar-refractivity contribution >= 4 is 5.84 Å². The predicted octanol–water partition coefficient (Wildman–Crippen LogP) is -0.297. The van der Waals surface area contributed by atoms with Gasteiger partial charge in [0.25, 0.3) is 0 Å². The molecule has 1 fully saturated rings. The van der Waals surface area contributed by atoms with Crippen LogP contribution in [0, 0.1) is 5.41 Å². The SMILES string of the molecule is N=C(N)CCCN1CCCN(CCO)CC1. The van der Waals surface area contributed by atoms with E-state index in [0.29, 0.717) is 6.42 Å². The van der Waals surface area contributed by atoms with Gasteiger partial charge in [0.1, 0.15) is 0 Å². The molecule has 4 N–H and O–H groups in total. The van der Waals surface area contributed by atoms with E-state index < -0.39 is 0 Å². The lowest BCUT2D eigenvalue weighted by Crippen LogP contribution is -2.33. The summed E-state index contributed by atoms with van der Waals surface area (Å²) in [7, 11) is 0. The number of hydrogen-bond donors (Lipinski definition) is 3. The highest BCUT2D eigenvalue weighted by molar-refractivity contribution is 5.76. The van der Waals surface area contributed by atoms with Crippen LogP contribution >= 0.6 is 0 Å². The Labute approximate surface area is 97.7 Å². The average molecular weight is 228 g/mol. The number of aliphatic hydroxyl groups is 1. The Balaban J connectivity index is 2.17. The minimum Gasteiger partial charge on any atom is -0.395 e. The highest BCUT2D eigenvalue weighted by atomic mass is 16.3. The van der Waals surface area contributed by atoms with Crippen LogP contribution < -0.4 is 5.73 Å². The second kappa shape index (κ2) is 7.60. The van der Waals surface area contributed by atoms with E-state index in [2.05, 4.69) is 9.80 Å². The molecule has 5 nitrogen and oxygen atoms in total. The molecule has 0 aromatic rings. The first kappa shape index (κ1) is 13.4. The van der Waals surface area contributed by atoms with Crippen molar-refractivity contribution < 1.29 is 5.11 Å². The summed E-state index contributed by atoms with van der Waals surface area (Å²) >= 11 is 0. The zero-order valence-electron chi connectivity index (χ0n) is 9.99. The van der Waals surface area contributed by atoms with Crippen LogP contribution in [0.25, 0.3) is 0 Å². The summed E-state index contributed by atoms with van der Waals surface area (Å²) in [5.41, 5.74) is 5.33. The lowest BCUT2D eigenvalue weighted by atomic mass is 10.2. The zero-order chi connectivity index (χ0) is 11.8. The van der Waals surface area contributed by atoms with Crippen LogP contribution in [0.15, 0.2) is 0 Å². The molecule has 1 aliphatic heterocycles. The van der Waals surface area contributed by atoms with Crippen molar-refractivity contribution in [1.82, 2.24) is 9.80 Å². The Morgan fingerprint density at radius 2 is 1.75 bits per heavy atom. The lowest BCUT2D eigenvalue weighted by Gasteiger charge is -2.20. The van der Waals surface area contributed by atoms with Crippen LogP contribution in [0.3, 0.4) is 0 Å². The summed E-state index contributed by atoms with van der Waals surface area (Å²) in [5.74, 6) is 0.289. The lowest BCUT2D eigenvalue weighted by molar-refractivity contribution is 0.196. The van der Waals surface area contributed by atoms with Gasteiger partial charge in [0.2, 0.25) is 0 Å². The van der Waals surface area contributed by atoms with Crippen molar-refractivity contribution in [3.63, 3.8) is 0 Å². The Kier molecular flexibility index (Phi) is 6.37. The maximum absolute atomic E-state index is 8.89. The van der Waals surface area contributed by atoms with Gasteiger partial charge in [0, 0.05) is 26.1 Å². The van der Waals surface area contributed by atoms with E-state index in [4.69, 9.17) is 16.2 Å². The van der Waals surface area contributed by atoms with Crippen LogP contribution in [-0.4, -0.2) is 66.6 Å².